The normalized spacial score (nSPS) is 12.1. The van der Waals surface area contributed by atoms with Crippen LogP contribution in [0.15, 0.2) is 47.3 Å². The minimum Gasteiger partial charge on any atom is -0.459 e. The first-order valence-electron chi connectivity index (χ1n) is 5.40. The number of hydrogen-bond donors (Lipinski definition) is 0. The van der Waals surface area contributed by atoms with Gasteiger partial charge in [0.05, 0.1) is 12.3 Å². The van der Waals surface area contributed by atoms with Crippen molar-refractivity contribution in [2.45, 2.75) is 13.0 Å². The molecule has 88 valence electrons. The van der Waals surface area contributed by atoms with Crippen LogP contribution in [0.25, 0.3) is 0 Å². The van der Waals surface area contributed by atoms with Gasteiger partial charge in [-0.25, -0.2) is 0 Å². The molecule has 1 atom stereocenters. The molecule has 4 nitrogen and oxygen atoms in total. The summed E-state index contributed by atoms with van der Waals surface area (Å²) in [5, 5.41) is 0. The molecule has 2 rings (SSSR count). The Morgan fingerprint density at radius 1 is 1.35 bits per heavy atom. The van der Waals surface area contributed by atoms with Gasteiger partial charge in [0, 0.05) is 19.4 Å². The predicted molar refractivity (Wildman–Crippen MR) is 63.5 cm³/mol. The summed E-state index contributed by atoms with van der Waals surface area (Å²) in [6.07, 6.45) is 4.94. The fourth-order valence-electron chi connectivity index (χ4n) is 1.62. The molecule has 0 saturated heterocycles. The Kier molecular flexibility index (Phi) is 3.23. The van der Waals surface area contributed by atoms with E-state index in [4.69, 9.17) is 4.42 Å². The van der Waals surface area contributed by atoms with E-state index in [0.717, 1.165) is 5.56 Å². The van der Waals surface area contributed by atoms with Gasteiger partial charge < -0.3 is 9.32 Å². The lowest BCUT2D eigenvalue weighted by atomic mass is 10.1. The van der Waals surface area contributed by atoms with Gasteiger partial charge in [0.15, 0.2) is 5.76 Å². The van der Waals surface area contributed by atoms with E-state index in [9.17, 15) is 4.79 Å². The molecular weight excluding hydrogens is 216 g/mol. The molecule has 0 bridgehead atoms. The minimum absolute atomic E-state index is 0.0180. The van der Waals surface area contributed by atoms with Crippen molar-refractivity contribution < 1.29 is 9.21 Å². The second-order valence-corrected chi connectivity index (χ2v) is 3.85. The van der Waals surface area contributed by atoms with Crippen molar-refractivity contribution >= 4 is 5.91 Å². The molecule has 1 unspecified atom stereocenters. The first kappa shape index (κ1) is 11.4. The summed E-state index contributed by atoms with van der Waals surface area (Å²) in [7, 11) is 1.76. The number of nitrogens with zero attached hydrogens (tertiary/aromatic N) is 2. The Hall–Kier alpha value is -2.10. The number of aromatic nitrogens is 1. The van der Waals surface area contributed by atoms with Crippen LogP contribution in [0.2, 0.25) is 0 Å². The van der Waals surface area contributed by atoms with E-state index in [0.29, 0.717) is 5.76 Å². The Morgan fingerprint density at radius 2 is 2.06 bits per heavy atom. The zero-order valence-corrected chi connectivity index (χ0v) is 9.83. The zero-order chi connectivity index (χ0) is 12.3. The van der Waals surface area contributed by atoms with Gasteiger partial charge in [-0.3, -0.25) is 9.78 Å². The quantitative estimate of drug-likeness (QED) is 0.813. The van der Waals surface area contributed by atoms with Gasteiger partial charge in [0.1, 0.15) is 0 Å². The van der Waals surface area contributed by atoms with Crippen LogP contribution in [-0.2, 0) is 0 Å². The lowest BCUT2D eigenvalue weighted by Crippen LogP contribution is -2.29. The van der Waals surface area contributed by atoms with Crippen LogP contribution in [0.5, 0.6) is 0 Å². The van der Waals surface area contributed by atoms with Crippen LogP contribution in [0.3, 0.4) is 0 Å². The Bertz CT molecular complexity index is 479. The molecule has 0 aromatic carbocycles. The Labute approximate surface area is 99.9 Å². The van der Waals surface area contributed by atoms with E-state index in [1.807, 2.05) is 19.1 Å². The summed E-state index contributed by atoms with van der Waals surface area (Å²) in [6.45, 7) is 1.97. The smallest absolute Gasteiger partial charge is 0.289 e. The molecule has 1 amide bonds. The topological polar surface area (TPSA) is 46.3 Å². The van der Waals surface area contributed by atoms with Crippen LogP contribution in [0.1, 0.15) is 29.1 Å². The molecule has 17 heavy (non-hydrogen) atoms. The Morgan fingerprint density at radius 3 is 2.65 bits per heavy atom. The second kappa shape index (κ2) is 4.82. The number of carbonyl (C=O) groups excluding carboxylic acids is 1. The first-order valence-corrected chi connectivity index (χ1v) is 5.40. The molecule has 0 saturated carbocycles. The van der Waals surface area contributed by atoms with E-state index >= 15 is 0 Å². The van der Waals surface area contributed by atoms with Crippen LogP contribution >= 0.6 is 0 Å². The van der Waals surface area contributed by atoms with Crippen LogP contribution in [0.4, 0.5) is 0 Å². The van der Waals surface area contributed by atoms with Gasteiger partial charge in [0.2, 0.25) is 0 Å². The largest absolute Gasteiger partial charge is 0.459 e. The van der Waals surface area contributed by atoms with Crippen molar-refractivity contribution in [1.82, 2.24) is 9.88 Å². The molecule has 4 heteroatoms. The molecule has 0 aliphatic rings. The summed E-state index contributed by atoms with van der Waals surface area (Å²) >= 11 is 0. The second-order valence-electron chi connectivity index (χ2n) is 3.85. The van der Waals surface area contributed by atoms with Crippen molar-refractivity contribution in [3.63, 3.8) is 0 Å². The van der Waals surface area contributed by atoms with Gasteiger partial charge in [-0.2, -0.15) is 0 Å². The summed E-state index contributed by atoms with van der Waals surface area (Å²) in [5.41, 5.74) is 1.04. The van der Waals surface area contributed by atoms with Gasteiger partial charge in [-0.1, -0.05) is 0 Å². The maximum Gasteiger partial charge on any atom is 0.289 e. The van der Waals surface area contributed by atoms with Gasteiger partial charge in [-0.15, -0.1) is 0 Å². The molecule has 2 aromatic rings. The van der Waals surface area contributed by atoms with E-state index in [1.54, 1.807) is 36.5 Å². The lowest BCUT2D eigenvalue weighted by molar-refractivity contribution is 0.0710. The molecule has 2 heterocycles. The highest BCUT2D eigenvalue weighted by Gasteiger charge is 2.20. The monoisotopic (exact) mass is 230 g/mol. The highest BCUT2D eigenvalue weighted by atomic mass is 16.3. The average Bonchev–Trinajstić information content (AvgIpc) is 2.91. The number of hydrogen-bond acceptors (Lipinski definition) is 3. The van der Waals surface area contributed by atoms with E-state index in [2.05, 4.69) is 4.98 Å². The minimum atomic E-state index is -0.126. The molecule has 0 aliphatic carbocycles. The third-order valence-electron chi connectivity index (χ3n) is 2.82. The predicted octanol–water partition coefficient (Wildman–Crippen LogP) is 2.51. The third-order valence-corrected chi connectivity index (χ3v) is 2.82. The fraction of sp³-hybridized carbons (Fsp3) is 0.231. The number of carbonyl (C=O) groups is 1. The van der Waals surface area contributed by atoms with Crippen molar-refractivity contribution in [3.8, 4) is 0 Å². The van der Waals surface area contributed by atoms with Crippen LogP contribution in [-0.4, -0.2) is 22.8 Å². The van der Waals surface area contributed by atoms with Gasteiger partial charge >= 0.3 is 0 Å². The molecule has 0 fully saturated rings. The number of pyridine rings is 1. The summed E-state index contributed by atoms with van der Waals surface area (Å²) < 4.78 is 5.10. The number of furan rings is 1. The fourth-order valence-corrected chi connectivity index (χ4v) is 1.62. The number of rotatable bonds is 3. The molecule has 0 N–H and O–H groups in total. The summed E-state index contributed by atoms with van der Waals surface area (Å²) in [5.74, 6) is 0.229. The highest BCUT2D eigenvalue weighted by Crippen LogP contribution is 2.19. The van der Waals surface area contributed by atoms with Crippen molar-refractivity contribution in [2.24, 2.45) is 0 Å². The highest BCUT2D eigenvalue weighted by molar-refractivity contribution is 5.91. The third kappa shape index (κ3) is 2.36. The first-order chi connectivity index (χ1) is 8.20. The van der Waals surface area contributed by atoms with Crippen molar-refractivity contribution in [1.29, 1.82) is 0 Å². The molecule has 0 aliphatic heterocycles. The van der Waals surface area contributed by atoms with Gasteiger partial charge in [-0.05, 0) is 36.8 Å². The average molecular weight is 230 g/mol. The molecular formula is C13H14N2O2. The zero-order valence-electron chi connectivity index (χ0n) is 9.83. The van der Waals surface area contributed by atoms with Gasteiger partial charge in [0.25, 0.3) is 5.91 Å². The maximum atomic E-state index is 12.0. The SMILES string of the molecule is CC(c1ccncc1)N(C)C(=O)c1ccco1. The summed E-state index contributed by atoms with van der Waals surface area (Å²) in [6, 6.07) is 7.15. The van der Waals surface area contributed by atoms with Crippen molar-refractivity contribution in [2.75, 3.05) is 7.05 Å². The van der Waals surface area contributed by atoms with Crippen LogP contribution in [0, 0.1) is 0 Å². The number of amides is 1. The maximum absolute atomic E-state index is 12.0. The van der Waals surface area contributed by atoms with E-state index in [1.165, 1.54) is 6.26 Å². The molecule has 2 aromatic heterocycles. The van der Waals surface area contributed by atoms with E-state index < -0.39 is 0 Å². The lowest BCUT2D eigenvalue weighted by Gasteiger charge is -2.24. The van der Waals surface area contributed by atoms with Crippen LogP contribution < -0.4 is 0 Å². The Balaban J connectivity index is 2.15. The standard InChI is InChI=1S/C13H14N2O2/c1-10(11-5-7-14-8-6-11)15(2)13(16)12-4-3-9-17-12/h3-10H,1-2H3. The van der Waals surface area contributed by atoms with E-state index in [-0.39, 0.29) is 11.9 Å². The van der Waals surface area contributed by atoms with Crippen molar-refractivity contribution in [3.05, 3.63) is 54.2 Å². The molecule has 0 spiro atoms. The summed E-state index contributed by atoms with van der Waals surface area (Å²) in [4.78, 5) is 17.6. The molecule has 0 radical (unpaired) electrons.